The fraction of sp³-hybridized carbons (Fsp3) is 0.188. The molecule has 0 bridgehead atoms. The number of aromatic nitrogens is 4. The molecule has 0 aliphatic heterocycles. The van der Waals surface area contributed by atoms with Gasteiger partial charge in [0.1, 0.15) is 0 Å². The summed E-state index contributed by atoms with van der Waals surface area (Å²) in [6.07, 6.45) is 3.53. The highest BCUT2D eigenvalue weighted by Gasteiger charge is 2.06. The van der Waals surface area contributed by atoms with Gasteiger partial charge < -0.3 is 9.88 Å². The topological polar surface area (TPSA) is 137 Å². The molecule has 1 amide bonds. The van der Waals surface area contributed by atoms with E-state index in [2.05, 4.69) is 30.6 Å². The van der Waals surface area contributed by atoms with Crippen LogP contribution in [0.3, 0.4) is 0 Å². The van der Waals surface area contributed by atoms with Crippen molar-refractivity contribution in [2.75, 3.05) is 11.9 Å². The summed E-state index contributed by atoms with van der Waals surface area (Å²) in [6, 6.07) is 7.92. The number of carbonyl (C=O) groups is 1. The molecule has 0 atom stereocenters. The molecule has 4 N–H and O–H groups in total. The van der Waals surface area contributed by atoms with Gasteiger partial charge >= 0.3 is 5.69 Å². The number of H-pyrrole nitrogens is 2. The highest BCUT2D eigenvalue weighted by Crippen LogP contribution is 2.19. The molecule has 0 aliphatic rings. The monoisotopic (exact) mass is 355 g/mol. The first-order valence-corrected chi connectivity index (χ1v) is 7.91. The number of carbonyl (C=O) groups excluding carboxylic acids is 1. The summed E-state index contributed by atoms with van der Waals surface area (Å²) in [6.45, 7) is 2.65. The van der Waals surface area contributed by atoms with E-state index in [1.54, 1.807) is 6.21 Å². The number of para-hydroxylation sites is 1. The summed E-state index contributed by atoms with van der Waals surface area (Å²) in [4.78, 5) is 36.1. The molecular weight excluding hydrogens is 338 g/mol. The first-order chi connectivity index (χ1) is 12.6. The molecule has 3 aromatic rings. The molecule has 2 heterocycles. The van der Waals surface area contributed by atoms with Crippen molar-refractivity contribution >= 4 is 28.8 Å². The predicted molar refractivity (Wildman–Crippen MR) is 97.3 cm³/mol. The Morgan fingerprint density at radius 2 is 2.15 bits per heavy atom. The number of nitrogens with one attached hydrogen (secondary N) is 4. The lowest BCUT2D eigenvalue weighted by atomic mass is 10.2. The van der Waals surface area contributed by atoms with Crippen molar-refractivity contribution in [1.29, 1.82) is 0 Å². The van der Waals surface area contributed by atoms with E-state index in [-0.39, 0.29) is 12.4 Å². The molecule has 0 fully saturated rings. The van der Waals surface area contributed by atoms with E-state index < -0.39 is 17.2 Å². The molecule has 10 nitrogen and oxygen atoms in total. The molecule has 3 rings (SSSR count). The van der Waals surface area contributed by atoms with Crippen LogP contribution < -0.4 is 22.0 Å². The number of fused-ring (bicyclic) bond motifs is 1. The van der Waals surface area contributed by atoms with Crippen LogP contribution in [0.4, 0.5) is 5.82 Å². The molecule has 26 heavy (non-hydrogen) atoms. The first kappa shape index (κ1) is 17.1. The lowest BCUT2D eigenvalue weighted by molar-refractivity contribution is -0.119. The average Bonchev–Trinajstić information content (AvgIpc) is 2.99. The maximum Gasteiger partial charge on any atom is 0.342 e. The van der Waals surface area contributed by atoms with Crippen molar-refractivity contribution in [1.82, 2.24) is 25.2 Å². The second-order valence-electron chi connectivity index (χ2n) is 5.39. The summed E-state index contributed by atoms with van der Waals surface area (Å²) in [5.74, 6) is -0.623. The van der Waals surface area contributed by atoms with Crippen molar-refractivity contribution in [2.45, 2.75) is 13.5 Å². The van der Waals surface area contributed by atoms with Gasteiger partial charge in [0.25, 0.3) is 11.5 Å². The Bertz CT molecular complexity index is 1080. The van der Waals surface area contributed by atoms with Crippen LogP contribution in [0.25, 0.3) is 10.9 Å². The average molecular weight is 355 g/mol. The van der Waals surface area contributed by atoms with Gasteiger partial charge in [-0.05, 0) is 13.0 Å². The minimum Gasteiger partial charge on any atom is -0.355 e. The standard InChI is InChI=1S/C16H17N7O3/c1-2-23-9-10(11-5-3-4-6-12(11)23)7-18-20-13(24)8-17-14-15(25)19-16(26)22-21-14/h3-7,9H,2,8H2,1H3,(H,17,21)(H,20,24)(H2,19,22,25,26)/b18-7+. The molecule has 0 aliphatic carbocycles. The van der Waals surface area contributed by atoms with Crippen LogP contribution >= 0.6 is 0 Å². The lowest BCUT2D eigenvalue weighted by Gasteiger charge is -2.02. The SMILES string of the molecule is CCn1cc(/C=N/NC(=O)CNc2n[nH]c(=O)[nH]c2=O)c2ccccc21. The molecule has 0 spiro atoms. The summed E-state index contributed by atoms with van der Waals surface area (Å²) in [5.41, 5.74) is 2.91. The molecule has 0 radical (unpaired) electrons. The Morgan fingerprint density at radius 3 is 2.92 bits per heavy atom. The Balaban J connectivity index is 1.62. The Labute approximate surface area is 146 Å². The summed E-state index contributed by atoms with van der Waals surface area (Å²) < 4.78 is 2.09. The van der Waals surface area contributed by atoms with Crippen LogP contribution in [-0.4, -0.2) is 38.4 Å². The van der Waals surface area contributed by atoms with Crippen molar-refractivity contribution < 1.29 is 4.79 Å². The van der Waals surface area contributed by atoms with E-state index in [0.717, 1.165) is 23.0 Å². The van der Waals surface area contributed by atoms with E-state index in [9.17, 15) is 14.4 Å². The Hall–Kier alpha value is -3.69. The van der Waals surface area contributed by atoms with Crippen LogP contribution in [0.1, 0.15) is 12.5 Å². The Morgan fingerprint density at radius 1 is 1.35 bits per heavy atom. The second kappa shape index (κ2) is 7.47. The number of amides is 1. The number of hydrogen-bond donors (Lipinski definition) is 4. The van der Waals surface area contributed by atoms with E-state index in [1.165, 1.54) is 0 Å². The number of anilines is 1. The quantitative estimate of drug-likeness (QED) is 0.364. The maximum atomic E-state index is 11.8. The van der Waals surface area contributed by atoms with Gasteiger partial charge in [-0.3, -0.25) is 14.6 Å². The minimum atomic E-state index is -0.721. The lowest BCUT2D eigenvalue weighted by Crippen LogP contribution is -2.31. The number of hydrogen-bond acceptors (Lipinski definition) is 6. The number of nitrogens with zero attached hydrogens (tertiary/aromatic N) is 3. The van der Waals surface area contributed by atoms with Gasteiger partial charge in [-0.25, -0.2) is 15.3 Å². The summed E-state index contributed by atoms with van der Waals surface area (Å²) >= 11 is 0. The van der Waals surface area contributed by atoms with Gasteiger partial charge in [0.15, 0.2) is 0 Å². The van der Waals surface area contributed by atoms with Crippen molar-refractivity contribution in [3.05, 3.63) is 56.9 Å². The number of rotatable bonds is 6. The van der Waals surface area contributed by atoms with Crippen molar-refractivity contribution in [2.24, 2.45) is 5.10 Å². The minimum absolute atomic E-state index is 0.158. The van der Waals surface area contributed by atoms with E-state index in [0.29, 0.717) is 0 Å². The van der Waals surface area contributed by atoms with Crippen molar-refractivity contribution in [3.63, 3.8) is 0 Å². The normalized spacial score (nSPS) is 11.1. The summed E-state index contributed by atoms with van der Waals surface area (Å²) in [5, 5.41) is 13.1. The zero-order chi connectivity index (χ0) is 18.5. The smallest absolute Gasteiger partial charge is 0.342 e. The molecule has 10 heteroatoms. The third-order valence-corrected chi connectivity index (χ3v) is 3.68. The van der Waals surface area contributed by atoms with Crippen molar-refractivity contribution in [3.8, 4) is 0 Å². The van der Waals surface area contributed by atoms with Crippen LogP contribution in [0.2, 0.25) is 0 Å². The molecule has 0 saturated heterocycles. The molecule has 1 aromatic carbocycles. The third kappa shape index (κ3) is 3.69. The predicted octanol–water partition coefficient (Wildman–Crippen LogP) is -0.00500. The molecule has 0 unspecified atom stereocenters. The van der Waals surface area contributed by atoms with Gasteiger partial charge in [0.05, 0.1) is 12.8 Å². The van der Waals surface area contributed by atoms with E-state index in [1.807, 2.05) is 42.4 Å². The second-order valence-corrected chi connectivity index (χ2v) is 5.39. The zero-order valence-corrected chi connectivity index (χ0v) is 13.9. The third-order valence-electron chi connectivity index (χ3n) is 3.68. The summed E-state index contributed by atoms with van der Waals surface area (Å²) in [7, 11) is 0. The number of hydrazone groups is 1. The molecule has 0 saturated carbocycles. The largest absolute Gasteiger partial charge is 0.355 e. The van der Waals surface area contributed by atoms with Gasteiger partial charge in [0, 0.05) is 29.2 Å². The fourth-order valence-electron chi connectivity index (χ4n) is 2.48. The molecule has 2 aromatic heterocycles. The first-order valence-electron chi connectivity index (χ1n) is 7.91. The number of benzene rings is 1. The van der Waals surface area contributed by atoms with Gasteiger partial charge in [-0.15, -0.1) is 5.10 Å². The fourth-order valence-corrected chi connectivity index (χ4v) is 2.48. The molecule has 134 valence electrons. The highest BCUT2D eigenvalue weighted by molar-refractivity contribution is 5.99. The highest BCUT2D eigenvalue weighted by atomic mass is 16.2. The zero-order valence-electron chi connectivity index (χ0n) is 13.9. The maximum absolute atomic E-state index is 11.8. The van der Waals surface area contributed by atoms with Crippen LogP contribution in [0, 0.1) is 0 Å². The van der Waals surface area contributed by atoms with E-state index in [4.69, 9.17) is 0 Å². The number of aromatic amines is 2. The van der Waals surface area contributed by atoms with Crippen LogP contribution in [0.15, 0.2) is 45.2 Å². The Kier molecular flexibility index (Phi) is 4.92. The molecular formula is C16H17N7O3. The van der Waals surface area contributed by atoms with Gasteiger partial charge in [0.2, 0.25) is 5.82 Å². The van der Waals surface area contributed by atoms with Gasteiger partial charge in [-0.1, -0.05) is 18.2 Å². The number of aryl methyl sites for hydroxylation is 1. The van der Waals surface area contributed by atoms with Gasteiger partial charge in [-0.2, -0.15) is 5.10 Å². The van der Waals surface area contributed by atoms with E-state index >= 15 is 0 Å². The van der Waals surface area contributed by atoms with Crippen LogP contribution in [0.5, 0.6) is 0 Å². The van der Waals surface area contributed by atoms with Crippen LogP contribution in [-0.2, 0) is 11.3 Å².